The van der Waals surface area contributed by atoms with Crippen molar-refractivity contribution in [2.24, 2.45) is 5.73 Å². The first-order chi connectivity index (χ1) is 7.56. The highest BCUT2D eigenvalue weighted by atomic mass is 16.5. The molecule has 5 nitrogen and oxygen atoms in total. The van der Waals surface area contributed by atoms with Gasteiger partial charge in [0.05, 0.1) is 13.4 Å². The molecule has 0 bridgehead atoms. The molecule has 0 spiro atoms. The van der Waals surface area contributed by atoms with Gasteiger partial charge in [0.15, 0.2) is 5.76 Å². The Morgan fingerprint density at radius 3 is 2.69 bits per heavy atom. The maximum atomic E-state index is 11.6. The molecule has 0 saturated heterocycles. The highest BCUT2D eigenvalue weighted by Crippen LogP contribution is 2.11. The fourth-order valence-electron chi connectivity index (χ4n) is 1.14. The van der Waals surface area contributed by atoms with Gasteiger partial charge in [0.1, 0.15) is 5.70 Å². The van der Waals surface area contributed by atoms with Crippen molar-refractivity contribution in [3.05, 3.63) is 35.4 Å². The zero-order valence-corrected chi connectivity index (χ0v) is 9.15. The molecule has 0 atom stereocenters. The van der Waals surface area contributed by atoms with Crippen LogP contribution in [0.1, 0.15) is 23.9 Å². The standard InChI is InChI=1S/C11H13NO4/c1-7(10(12)11(14)15-2)6-8(13)9-4-3-5-16-9/h3-5H,6,12H2,1-2H3. The molecule has 16 heavy (non-hydrogen) atoms. The van der Waals surface area contributed by atoms with Crippen molar-refractivity contribution in [3.8, 4) is 0 Å². The Balaban J connectivity index is 2.75. The van der Waals surface area contributed by atoms with Crippen molar-refractivity contribution in [2.75, 3.05) is 7.11 Å². The third-order valence-electron chi connectivity index (χ3n) is 2.09. The fraction of sp³-hybridized carbons (Fsp3) is 0.273. The van der Waals surface area contributed by atoms with E-state index in [1.54, 1.807) is 19.1 Å². The molecule has 1 heterocycles. The van der Waals surface area contributed by atoms with E-state index in [0.717, 1.165) is 0 Å². The minimum absolute atomic E-state index is 0.0362. The summed E-state index contributed by atoms with van der Waals surface area (Å²) in [5.41, 5.74) is 5.92. The van der Waals surface area contributed by atoms with Gasteiger partial charge < -0.3 is 14.9 Å². The number of esters is 1. The lowest BCUT2D eigenvalue weighted by atomic mass is 10.1. The zero-order valence-electron chi connectivity index (χ0n) is 9.15. The summed E-state index contributed by atoms with van der Waals surface area (Å²) in [6, 6.07) is 3.18. The van der Waals surface area contributed by atoms with Crippen LogP contribution >= 0.6 is 0 Å². The lowest BCUT2D eigenvalue weighted by molar-refractivity contribution is -0.136. The van der Waals surface area contributed by atoms with Gasteiger partial charge in [-0.1, -0.05) is 0 Å². The van der Waals surface area contributed by atoms with Crippen molar-refractivity contribution in [3.63, 3.8) is 0 Å². The van der Waals surface area contributed by atoms with Gasteiger partial charge in [-0.25, -0.2) is 4.79 Å². The molecule has 0 aliphatic heterocycles. The number of rotatable bonds is 4. The van der Waals surface area contributed by atoms with E-state index in [1.807, 2.05) is 0 Å². The van der Waals surface area contributed by atoms with Crippen LogP contribution in [0.2, 0.25) is 0 Å². The molecule has 1 rings (SSSR count). The molecule has 0 saturated carbocycles. The van der Waals surface area contributed by atoms with E-state index in [1.165, 1.54) is 13.4 Å². The molecule has 0 radical (unpaired) electrons. The van der Waals surface area contributed by atoms with Gasteiger partial charge in [-0.2, -0.15) is 0 Å². The van der Waals surface area contributed by atoms with Crippen LogP contribution in [0.3, 0.4) is 0 Å². The molecular formula is C11H13NO4. The summed E-state index contributed by atoms with van der Waals surface area (Å²) in [7, 11) is 1.23. The number of carbonyl (C=O) groups excluding carboxylic acids is 2. The van der Waals surface area contributed by atoms with Gasteiger partial charge in [-0.3, -0.25) is 4.79 Å². The number of hydrogen-bond donors (Lipinski definition) is 1. The van der Waals surface area contributed by atoms with Gasteiger partial charge in [0, 0.05) is 6.42 Å². The summed E-state index contributed by atoms with van der Waals surface area (Å²) < 4.78 is 9.38. The third kappa shape index (κ3) is 2.73. The normalized spacial score (nSPS) is 11.9. The first kappa shape index (κ1) is 12.0. The Kier molecular flexibility index (Phi) is 3.88. The number of carbonyl (C=O) groups is 2. The number of ketones is 1. The Morgan fingerprint density at radius 1 is 1.50 bits per heavy atom. The lowest BCUT2D eigenvalue weighted by Crippen LogP contribution is -2.16. The zero-order chi connectivity index (χ0) is 12.1. The molecule has 0 amide bonds. The smallest absolute Gasteiger partial charge is 0.353 e. The number of hydrogen-bond acceptors (Lipinski definition) is 5. The minimum Gasteiger partial charge on any atom is -0.464 e. The Hall–Kier alpha value is -2.04. The van der Waals surface area contributed by atoms with Crippen LogP contribution in [0.25, 0.3) is 0 Å². The second-order valence-electron chi connectivity index (χ2n) is 3.26. The van der Waals surface area contributed by atoms with E-state index in [4.69, 9.17) is 10.2 Å². The average molecular weight is 223 g/mol. The van der Waals surface area contributed by atoms with Gasteiger partial charge in [-0.05, 0) is 24.6 Å². The largest absolute Gasteiger partial charge is 0.464 e. The first-order valence-corrected chi connectivity index (χ1v) is 4.66. The Labute approximate surface area is 92.9 Å². The number of ether oxygens (including phenoxy) is 1. The summed E-state index contributed by atoms with van der Waals surface area (Å²) in [6.07, 6.45) is 1.45. The predicted molar refractivity (Wildman–Crippen MR) is 56.6 cm³/mol. The Morgan fingerprint density at radius 2 is 2.19 bits per heavy atom. The van der Waals surface area contributed by atoms with E-state index in [2.05, 4.69) is 4.74 Å². The van der Waals surface area contributed by atoms with Crippen LogP contribution < -0.4 is 5.73 Å². The van der Waals surface area contributed by atoms with Crippen LogP contribution in [-0.4, -0.2) is 18.9 Å². The summed E-state index contributed by atoms with van der Waals surface area (Å²) in [6.45, 7) is 1.60. The molecule has 2 N–H and O–H groups in total. The van der Waals surface area contributed by atoms with Crippen molar-refractivity contribution < 1.29 is 18.7 Å². The predicted octanol–water partition coefficient (Wildman–Crippen LogP) is 1.26. The van der Waals surface area contributed by atoms with E-state index < -0.39 is 5.97 Å². The number of Topliss-reactive ketones (excluding diaryl/α,β-unsaturated/α-hetero) is 1. The monoisotopic (exact) mass is 223 g/mol. The van der Waals surface area contributed by atoms with E-state index in [-0.39, 0.29) is 23.7 Å². The summed E-state index contributed by atoms with van der Waals surface area (Å²) >= 11 is 0. The van der Waals surface area contributed by atoms with Crippen molar-refractivity contribution in [2.45, 2.75) is 13.3 Å². The highest BCUT2D eigenvalue weighted by Gasteiger charge is 2.14. The summed E-state index contributed by atoms with van der Waals surface area (Å²) in [5.74, 6) is -0.615. The number of nitrogens with two attached hydrogens (primary N) is 1. The lowest BCUT2D eigenvalue weighted by Gasteiger charge is -2.04. The van der Waals surface area contributed by atoms with Gasteiger partial charge in [0.2, 0.25) is 5.78 Å². The molecule has 0 fully saturated rings. The second kappa shape index (κ2) is 5.16. The van der Waals surface area contributed by atoms with E-state index in [9.17, 15) is 9.59 Å². The van der Waals surface area contributed by atoms with Crippen LogP contribution in [0, 0.1) is 0 Å². The van der Waals surface area contributed by atoms with E-state index in [0.29, 0.717) is 5.57 Å². The SMILES string of the molecule is COC(=O)C(N)=C(C)CC(=O)c1ccco1. The van der Waals surface area contributed by atoms with Crippen LogP contribution in [0.15, 0.2) is 34.1 Å². The van der Waals surface area contributed by atoms with Gasteiger partial charge >= 0.3 is 5.97 Å². The molecule has 5 heteroatoms. The minimum atomic E-state index is -0.634. The fourth-order valence-corrected chi connectivity index (χ4v) is 1.14. The number of furan rings is 1. The number of allylic oxidation sites excluding steroid dienone is 1. The quantitative estimate of drug-likeness (QED) is 0.472. The first-order valence-electron chi connectivity index (χ1n) is 4.66. The molecular weight excluding hydrogens is 210 g/mol. The average Bonchev–Trinajstić information content (AvgIpc) is 2.80. The van der Waals surface area contributed by atoms with Crippen molar-refractivity contribution >= 4 is 11.8 Å². The van der Waals surface area contributed by atoms with Crippen LogP contribution in [-0.2, 0) is 9.53 Å². The Bertz CT molecular complexity index is 417. The molecule has 0 aliphatic rings. The maximum Gasteiger partial charge on any atom is 0.353 e. The molecule has 0 aliphatic carbocycles. The molecule has 1 aromatic heterocycles. The molecule has 1 aromatic rings. The van der Waals surface area contributed by atoms with Crippen LogP contribution in [0.5, 0.6) is 0 Å². The van der Waals surface area contributed by atoms with Crippen molar-refractivity contribution in [1.29, 1.82) is 0 Å². The summed E-state index contributed by atoms with van der Waals surface area (Å²) in [4.78, 5) is 22.7. The number of methoxy groups -OCH3 is 1. The van der Waals surface area contributed by atoms with E-state index >= 15 is 0 Å². The van der Waals surface area contributed by atoms with Gasteiger partial charge in [-0.15, -0.1) is 0 Å². The third-order valence-corrected chi connectivity index (χ3v) is 2.09. The molecule has 0 aromatic carbocycles. The highest BCUT2D eigenvalue weighted by molar-refractivity contribution is 5.96. The molecule has 0 unspecified atom stereocenters. The van der Waals surface area contributed by atoms with Crippen LogP contribution in [0.4, 0.5) is 0 Å². The topological polar surface area (TPSA) is 82.5 Å². The second-order valence-corrected chi connectivity index (χ2v) is 3.26. The van der Waals surface area contributed by atoms with Crippen molar-refractivity contribution in [1.82, 2.24) is 0 Å². The maximum absolute atomic E-state index is 11.6. The molecule has 86 valence electrons. The van der Waals surface area contributed by atoms with Gasteiger partial charge in [0.25, 0.3) is 0 Å². The summed E-state index contributed by atoms with van der Waals surface area (Å²) in [5, 5.41) is 0.